The minimum absolute atomic E-state index is 0.343. The van der Waals surface area contributed by atoms with Crippen LogP contribution in [0, 0.1) is 0 Å². The Balaban J connectivity index is 1.49. The molecule has 1 aromatic rings. The van der Waals surface area contributed by atoms with Crippen LogP contribution in [-0.2, 0) is 11.3 Å². The van der Waals surface area contributed by atoms with Crippen LogP contribution in [0.25, 0.3) is 0 Å². The van der Waals surface area contributed by atoms with Gasteiger partial charge in [0, 0.05) is 0 Å². The zero-order chi connectivity index (χ0) is 18.1. The normalized spacial score (nSPS) is 37.2. The summed E-state index contributed by atoms with van der Waals surface area (Å²) in [6.07, 6.45) is -1.30. The maximum Gasteiger partial charge on any atom is 0.162 e. The molecule has 0 bridgehead atoms. The van der Waals surface area contributed by atoms with Crippen LogP contribution in [0.1, 0.15) is 5.56 Å². The van der Waals surface area contributed by atoms with Crippen LogP contribution in [0.4, 0.5) is 0 Å². The van der Waals surface area contributed by atoms with Crippen LogP contribution < -0.4 is 5.32 Å². The Hall–Kier alpha value is -2.33. The fourth-order valence-electron chi connectivity index (χ4n) is 3.33. The average molecular weight is 359 g/mol. The van der Waals surface area contributed by atoms with Crippen LogP contribution in [-0.4, -0.2) is 82.1 Å². The van der Waals surface area contributed by atoms with Gasteiger partial charge >= 0.3 is 0 Å². The number of fused-ring (bicyclic) bond motifs is 1. The highest BCUT2D eigenvalue weighted by Gasteiger charge is 2.49. The highest BCUT2D eigenvalue weighted by Crippen LogP contribution is 2.29. The third-order valence-electron chi connectivity index (χ3n) is 4.75. The van der Waals surface area contributed by atoms with Gasteiger partial charge in [0.15, 0.2) is 12.4 Å². The van der Waals surface area contributed by atoms with Gasteiger partial charge in [0.05, 0.1) is 25.8 Å². The highest BCUT2D eigenvalue weighted by molar-refractivity contribution is 5.99. The summed E-state index contributed by atoms with van der Waals surface area (Å²) in [6, 6.07) is 9.54. The Morgan fingerprint density at radius 3 is 2.69 bits per heavy atom. The average Bonchev–Trinajstić information content (AvgIpc) is 3.23. The second kappa shape index (κ2) is 7.12. The van der Waals surface area contributed by atoms with Crippen molar-refractivity contribution in [3.8, 4) is 0 Å². The Morgan fingerprint density at radius 1 is 1.15 bits per heavy atom. The van der Waals surface area contributed by atoms with E-state index in [4.69, 9.17) is 4.74 Å². The number of nitrogens with one attached hydrogen (secondary N) is 1. The summed E-state index contributed by atoms with van der Waals surface area (Å²) in [5.41, 5.74) is 1.09. The number of nitrogens with zero attached hydrogens (tertiary/aromatic N) is 4. The van der Waals surface area contributed by atoms with Crippen molar-refractivity contribution in [1.29, 1.82) is 0 Å². The van der Waals surface area contributed by atoms with Crippen LogP contribution in [0.5, 0.6) is 0 Å². The summed E-state index contributed by atoms with van der Waals surface area (Å²) < 4.78 is 5.58. The minimum atomic E-state index is -1.16. The predicted molar refractivity (Wildman–Crippen MR) is 94.9 cm³/mol. The molecule has 4 rings (SSSR count). The van der Waals surface area contributed by atoms with E-state index in [1.165, 1.54) is 0 Å². The van der Waals surface area contributed by atoms with E-state index in [1.54, 1.807) is 17.6 Å². The Labute approximate surface area is 150 Å². The van der Waals surface area contributed by atoms with Gasteiger partial charge in [-0.25, -0.2) is 4.99 Å². The lowest BCUT2D eigenvalue weighted by molar-refractivity contribution is -0.0779. The van der Waals surface area contributed by atoms with E-state index in [1.807, 2.05) is 30.3 Å². The molecule has 0 aromatic heterocycles. The fraction of sp³-hybridized carbons (Fsp3) is 0.471. The topological polar surface area (TPSA) is 122 Å². The molecule has 0 saturated carbocycles. The molecule has 3 aliphatic heterocycles. The Kier molecular flexibility index (Phi) is 4.68. The van der Waals surface area contributed by atoms with Crippen molar-refractivity contribution in [2.24, 2.45) is 15.0 Å². The van der Waals surface area contributed by atoms with E-state index in [0.29, 0.717) is 12.4 Å². The van der Waals surface area contributed by atoms with Gasteiger partial charge in [-0.15, -0.1) is 0 Å². The van der Waals surface area contributed by atoms with E-state index < -0.39 is 30.7 Å². The van der Waals surface area contributed by atoms with Crippen molar-refractivity contribution in [1.82, 2.24) is 10.2 Å². The number of benzene rings is 1. The lowest BCUT2D eigenvalue weighted by Gasteiger charge is -2.33. The highest BCUT2D eigenvalue weighted by atomic mass is 16.6. The smallest absolute Gasteiger partial charge is 0.162 e. The summed E-state index contributed by atoms with van der Waals surface area (Å²) in [5, 5.41) is 32.5. The first-order valence-corrected chi connectivity index (χ1v) is 8.48. The van der Waals surface area contributed by atoms with Crippen LogP contribution >= 0.6 is 0 Å². The molecular formula is C17H21N5O4. The number of aliphatic hydroxyl groups is 3. The molecule has 138 valence electrons. The van der Waals surface area contributed by atoms with E-state index in [9.17, 15) is 15.3 Å². The summed E-state index contributed by atoms with van der Waals surface area (Å²) >= 11 is 0. The van der Waals surface area contributed by atoms with Gasteiger partial charge in [0.25, 0.3) is 0 Å². The third kappa shape index (κ3) is 2.99. The van der Waals surface area contributed by atoms with Gasteiger partial charge in [-0.2, -0.15) is 0 Å². The minimum Gasteiger partial charge on any atom is -0.394 e. The van der Waals surface area contributed by atoms with Crippen molar-refractivity contribution in [2.75, 3.05) is 6.61 Å². The number of rotatable bonds is 4. The van der Waals surface area contributed by atoms with Crippen molar-refractivity contribution in [2.45, 2.75) is 43.3 Å². The second-order valence-electron chi connectivity index (χ2n) is 6.41. The number of aliphatic hydroxyl groups excluding tert-OH is 3. The second-order valence-corrected chi connectivity index (χ2v) is 6.41. The van der Waals surface area contributed by atoms with Crippen LogP contribution in [0.15, 0.2) is 45.3 Å². The number of hydrogen-bond acceptors (Lipinski definition) is 8. The van der Waals surface area contributed by atoms with Crippen molar-refractivity contribution in [3.05, 3.63) is 35.9 Å². The van der Waals surface area contributed by atoms with Crippen molar-refractivity contribution >= 4 is 18.5 Å². The molecule has 9 heteroatoms. The summed E-state index contributed by atoms with van der Waals surface area (Å²) in [5.74, 6) is 0.680. The van der Waals surface area contributed by atoms with Crippen LogP contribution in [0.2, 0.25) is 0 Å². The van der Waals surface area contributed by atoms with Gasteiger partial charge < -0.3 is 30.3 Å². The number of hydrogen-bond donors (Lipinski definition) is 4. The lowest BCUT2D eigenvalue weighted by atomic mass is 10.1. The van der Waals surface area contributed by atoms with Gasteiger partial charge in [-0.1, -0.05) is 30.3 Å². The molecule has 3 heterocycles. The van der Waals surface area contributed by atoms with Crippen molar-refractivity contribution < 1.29 is 20.1 Å². The molecule has 9 nitrogen and oxygen atoms in total. The van der Waals surface area contributed by atoms with E-state index in [0.717, 1.165) is 5.56 Å². The molecule has 0 aliphatic carbocycles. The van der Waals surface area contributed by atoms with Crippen molar-refractivity contribution in [3.63, 3.8) is 0 Å². The molecule has 1 fully saturated rings. The largest absolute Gasteiger partial charge is 0.394 e. The molecule has 3 aliphatic rings. The first-order chi connectivity index (χ1) is 12.7. The summed E-state index contributed by atoms with van der Waals surface area (Å²) in [7, 11) is 0. The number of aliphatic imine (C=N–C) groups is 3. The predicted octanol–water partition coefficient (Wildman–Crippen LogP) is -1.31. The number of ether oxygens (including phenoxy) is 1. The maximum atomic E-state index is 10.2. The first kappa shape index (κ1) is 17.1. The van der Waals surface area contributed by atoms with Gasteiger partial charge in [0.2, 0.25) is 0 Å². The summed E-state index contributed by atoms with van der Waals surface area (Å²) in [4.78, 5) is 15.1. The molecule has 6 atom stereocenters. The van der Waals surface area contributed by atoms with Gasteiger partial charge in [0.1, 0.15) is 30.2 Å². The molecule has 0 amide bonds. The molecule has 1 aromatic carbocycles. The molecule has 4 unspecified atom stereocenters. The van der Waals surface area contributed by atoms with E-state index in [-0.39, 0.29) is 12.6 Å². The standard InChI is InChI=1S/C17H21N5O4/c23-7-11-13(24)14(25)17(26-11)22-9-21-12-15(19-8-20-16(12)22)18-6-10-4-2-1-3-5-10/h1-5,8-9,11-14,16-17,23-25H,6-7H2,(H,18,19,20)/t11-,12?,13?,14?,16?,17-/m1/s1. The molecule has 1 saturated heterocycles. The molecular weight excluding hydrogens is 338 g/mol. The van der Waals surface area contributed by atoms with E-state index >= 15 is 0 Å². The molecule has 0 spiro atoms. The Morgan fingerprint density at radius 2 is 1.96 bits per heavy atom. The third-order valence-corrected chi connectivity index (χ3v) is 4.75. The van der Waals surface area contributed by atoms with Gasteiger partial charge in [-0.3, -0.25) is 9.98 Å². The zero-order valence-corrected chi connectivity index (χ0v) is 14.0. The monoisotopic (exact) mass is 359 g/mol. The zero-order valence-electron chi connectivity index (χ0n) is 14.0. The fourth-order valence-corrected chi connectivity index (χ4v) is 3.33. The lowest BCUT2D eigenvalue weighted by Crippen LogP contribution is -2.53. The maximum absolute atomic E-state index is 10.2. The SMILES string of the molecule is OC[C@H]1O[C@@H](N2C=NC3C(=NCc4ccccc4)NC=NC32)C(O)C1O. The number of amidine groups is 1. The van der Waals surface area contributed by atoms with Gasteiger partial charge in [-0.05, 0) is 5.56 Å². The van der Waals surface area contributed by atoms with E-state index in [2.05, 4.69) is 20.3 Å². The first-order valence-electron chi connectivity index (χ1n) is 8.48. The molecule has 26 heavy (non-hydrogen) atoms. The summed E-state index contributed by atoms with van der Waals surface area (Å²) in [6.45, 7) is 0.145. The molecule has 4 N–H and O–H groups in total. The molecule has 0 radical (unpaired) electrons. The quantitative estimate of drug-likeness (QED) is 0.530. The Bertz CT molecular complexity index is 725. The van der Waals surface area contributed by atoms with Crippen LogP contribution in [0.3, 0.4) is 0 Å².